The van der Waals surface area contributed by atoms with Crippen LogP contribution in [-0.4, -0.2) is 82.8 Å². The standard InChI is InChI=1S/C44H48F2N6O5S/c1-24-19-31(35(45)33(20-24)50(21-26-9-14-29(54-6)15-10-26)22-27-11-16-30(55-7)17-12-27)37-36(46)38-34-40(49-42(48-38)58-8)51-23-28-13-18-32(39(51)25(2)56-41(34)47-37)52(28)43(53)57-44(3,4)5/h9-12,14-17,19-20,25,28,32,39H,13,18,21-23H2,1-8H3/t25-,28+,32-,39+/m0/s1. The van der Waals surface area contributed by atoms with E-state index in [9.17, 15) is 4.79 Å². The smallest absolute Gasteiger partial charge is 0.410 e. The number of carbonyl (C=O) groups excluding carboxylic acids is 1. The number of nitrogens with zero attached hydrogens (tertiary/aromatic N) is 6. The third-order valence-corrected chi connectivity index (χ3v) is 11.7. The van der Waals surface area contributed by atoms with Crippen molar-refractivity contribution >= 4 is 40.3 Å². The molecule has 4 atom stereocenters. The van der Waals surface area contributed by atoms with Gasteiger partial charge < -0.3 is 28.7 Å². The Kier molecular flexibility index (Phi) is 10.5. The molecule has 1 amide bonds. The van der Waals surface area contributed by atoms with Crippen molar-refractivity contribution in [1.29, 1.82) is 0 Å². The molecule has 2 fully saturated rings. The number of aryl methyl sites for hydroxylation is 1. The number of halogens is 2. The van der Waals surface area contributed by atoms with Gasteiger partial charge in [0.05, 0.1) is 38.0 Å². The predicted octanol–water partition coefficient (Wildman–Crippen LogP) is 8.96. The first-order valence-corrected chi connectivity index (χ1v) is 20.7. The fourth-order valence-electron chi connectivity index (χ4n) is 8.57. The number of pyridine rings is 1. The van der Waals surface area contributed by atoms with Gasteiger partial charge >= 0.3 is 6.09 Å². The molecule has 2 aromatic heterocycles. The number of amides is 1. The zero-order chi connectivity index (χ0) is 41.0. The SMILES string of the molecule is COc1ccc(CN(Cc2ccc(OC)cc2)c2cc(C)cc(-c3nc4c5c(nc(SC)nc5c3F)N3C[C@H]5CC[C@@H]([C@H]3[C@H](C)O4)N5C(=O)OC(C)(C)C)c2F)cc1. The van der Waals surface area contributed by atoms with Crippen LogP contribution in [0.25, 0.3) is 22.2 Å². The van der Waals surface area contributed by atoms with E-state index >= 15 is 8.78 Å². The molecule has 8 rings (SSSR count). The number of fused-ring (bicyclic) bond motifs is 5. The Bertz CT molecular complexity index is 2310. The molecule has 3 aliphatic rings. The van der Waals surface area contributed by atoms with Gasteiger partial charge in [-0.25, -0.2) is 28.5 Å². The van der Waals surface area contributed by atoms with Crippen molar-refractivity contribution in [3.8, 4) is 28.6 Å². The fourth-order valence-corrected chi connectivity index (χ4v) is 8.93. The summed E-state index contributed by atoms with van der Waals surface area (Å²) in [6.45, 7) is 10.5. The topological polar surface area (TPSA) is 102 Å². The average Bonchev–Trinajstić information content (AvgIpc) is 3.45. The van der Waals surface area contributed by atoms with E-state index in [1.807, 2.05) is 99.2 Å². The van der Waals surface area contributed by atoms with E-state index in [0.29, 0.717) is 53.1 Å². The summed E-state index contributed by atoms with van der Waals surface area (Å²) < 4.78 is 58.0. The van der Waals surface area contributed by atoms with Gasteiger partial charge in [-0.3, -0.25) is 4.90 Å². The number of anilines is 2. The maximum atomic E-state index is 17.4. The summed E-state index contributed by atoms with van der Waals surface area (Å²) in [4.78, 5) is 33.9. The highest BCUT2D eigenvalue weighted by Crippen LogP contribution is 2.47. The number of benzene rings is 3. The minimum atomic E-state index is -0.768. The number of rotatable bonds is 9. The first kappa shape index (κ1) is 39.5. The molecule has 0 saturated carbocycles. The number of thioether (sulfide) groups is 1. The lowest BCUT2D eigenvalue weighted by molar-refractivity contribution is 0.000948. The minimum absolute atomic E-state index is 0.0000956. The van der Waals surface area contributed by atoms with Crippen LogP contribution in [0, 0.1) is 18.6 Å². The molecular weight excluding hydrogens is 763 g/mol. The van der Waals surface area contributed by atoms with Crippen LogP contribution in [0.15, 0.2) is 65.8 Å². The lowest BCUT2D eigenvalue weighted by atomic mass is 9.98. The highest BCUT2D eigenvalue weighted by molar-refractivity contribution is 7.98. The maximum Gasteiger partial charge on any atom is 0.410 e. The van der Waals surface area contributed by atoms with E-state index in [2.05, 4.69) is 9.88 Å². The van der Waals surface area contributed by atoms with E-state index in [0.717, 1.165) is 24.0 Å². The maximum absolute atomic E-state index is 17.4. The van der Waals surface area contributed by atoms with Crippen molar-refractivity contribution in [2.45, 2.75) is 95.5 Å². The molecule has 14 heteroatoms. The third-order valence-electron chi connectivity index (χ3n) is 11.1. The summed E-state index contributed by atoms with van der Waals surface area (Å²) in [7, 11) is 3.22. The van der Waals surface area contributed by atoms with Gasteiger partial charge in [-0.1, -0.05) is 36.0 Å². The van der Waals surface area contributed by atoms with Gasteiger partial charge in [0, 0.05) is 25.2 Å². The second kappa shape index (κ2) is 15.4. The molecular formula is C44H48F2N6O5S. The predicted molar refractivity (Wildman–Crippen MR) is 221 cm³/mol. The summed E-state index contributed by atoms with van der Waals surface area (Å²) in [5, 5.41) is 0.683. The summed E-state index contributed by atoms with van der Waals surface area (Å²) in [6, 6.07) is 17.9. The molecule has 3 aliphatic heterocycles. The zero-order valence-electron chi connectivity index (χ0n) is 34.0. The third kappa shape index (κ3) is 7.31. The molecule has 304 valence electrons. The molecule has 0 radical (unpaired) electrons. The van der Waals surface area contributed by atoms with Crippen LogP contribution >= 0.6 is 11.8 Å². The Morgan fingerprint density at radius 1 is 0.931 bits per heavy atom. The zero-order valence-corrected chi connectivity index (χ0v) is 34.8. The molecule has 0 N–H and O–H groups in total. The first-order valence-electron chi connectivity index (χ1n) is 19.5. The largest absolute Gasteiger partial charge is 0.497 e. The van der Waals surface area contributed by atoms with E-state index in [4.69, 9.17) is 28.9 Å². The van der Waals surface area contributed by atoms with Crippen LogP contribution < -0.4 is 24.0 Å². The fraction of sp³-hybridized carbons (Fsp3) is 0.409. The number of methoxy groups -OCH3 is 2. The van der Waals surface area contributed by atoms with Crippen molar-refractivity contribution < 1.29 is 32.5 Å². The number of carbonyl (C=O) groups is 1. The molecule has 2 bridgehead atoms. The highest BCUT2D eigenvalue weighted by atomic mass is 32.2. The lowest BCUT2D eigenvalue weighted by Gasteiger charge is -2.48. The average molecular weight is 811 g/mol. The number of aromatic nitrogens is 3. The van der Waals surface area contributed by atoms with Crippen LogP contribution in [0.3, 0.4) is 0 Å². The number of hydrogen-bond donors (Lipinski definition) is 0. The summed E-state index contributed by atoms with van der Waals surface area (Å²) in [6.07, 6.45) is 2.48. The molecule has 11 nitrogen and oxygen atoms in total. The van der Waals surface area contributed by atoms with Crippen molar-refractivity contribution in [3.63, 3.8) is 0 Å². The van der Waals surface area contributed by atoms with Crippen molar-refractivity contribution in [3.05, 3.63) is 89.0 Å². The first-order chi connectivity index (χ1) is 27.8. The van der Waals surface area contributed by atoms with Gasteiger partial charge in [-0.15, -0.1) is 0 Å². The van der Waals surface area contributed by atoms with Crippen molar-refractivity contribution in [2.75, 3.05) is 36.8 Å². The van der Waals surface area contributed by atoms with E-state index in [1.54, 1.807) is 26.4 Å². The highest BCUT2D eigenvalue weighted by Gasteiger charge is 2.54. The Labute approximate surface area is 341 Å². The summed E-state index contributed by atoms with van der Waals surface area (Å²) in [5.41, 5.74) is 1.97. The van der Waals surface area contributed by atoms with Crippen LogP contribution in [0.1, 0.15) is 57.2 Å². The molecule has 5 aromatic rings. The Hall–Kier alpha value is -5.37. The van der Waals surface area contributed by atoms with Crippen molar-refractivity contribution in [2.24, 2.45) is 0 Å². The molecule has 0 aliphatic carbocycles. The molecule has 2 saturated heterocycles. The van der Waals surface area contributed by atoms with E-state index in [1.165, 1.54) is 11.8 Å². The van der Waals surface area contributed by atoms with Gasteiger partial charge in [-0.2, -0.15) is 0 Å². The van der Waals surface area contributed by atoms with Crippen LogP contribution in [0.5, 0.6) is 17.4 Å². The minimum Gasteiger partial charge on any atom is -0.497 e. The Morgan fingerprint density at radius 3 is 2.16 bits per heavy atom. The number of hydrogen-bond acceptors (Lipinski definition) is 11. The van der Waals surface area contributed by atoms with Gasteiger partial charge in [-0.05, 0) is 107 Å². The van der Waals surface area contributed by atoms with Crippen LogP contribution in [0.4, 0.5) is 25.1 Å². The second-order valence-electron chi connectivity index (χ2n) is 16.2. The molecule has 5 heterocycles. The number of ether oxygens (including phenoxy) is 4. The van der Waals surface area contributed by atoms with Gasteiger partial charge in [0.2, 0.25) is 5.88 Å². The summed E-state index contributed by atoms with van der Waals surface area (Å²) >= 11 is 1.29. The molecule has 0 spiro atoms. The van der Waals surface area contributed by atoms with Gasteiger partial charge in [0.25, 0.3) is 0 Å². The Balaban J connectivity index is 1.23. The quantitative estimate of drug-likeness (QED) is 0.105. The normalized spacial score (nSPS) is 19.7. The van der Waals surface area contributed by atoms with Crippen LogP contribution in [-0.2, 0) is 17.8 Å². The van der Waals surface area contributed by atoms with E-state index in [-0.39, 0.29) is 52.6 Å². The number of piperazine rings is 1. The monoisotopic (exact) mass is 810 g/mol. The second-order valence-corrected chi connectivity index (χ2v) is 17.0. The lowest BCUT2D eigenvalue weighted by Crippen LogP contribution is -2.65. The Morgan fingerprint density at radius 2 is 1.57 bits per heavy atom. The van der Waals surface area contributed by atoms with Gasteiger partial charge in [0.15, 0.2) is 16.8 Å². The van der Waals surface area contributed by atoms with Gasteiger partial charge in [0.1, 0.15) is 45.6 Å². The van der Waals surface area contributed by atoms with Crippen LogP contribution in [0.2, 0.25) is 0 Å². The molecule has 3 aromatic carbocycles. The summed E-state index contributed by atoms with van der Waals surface area (Å²) in [5.74, 6) is 0.636. The molecule has 0 unspecified atom stereocenters. The van der Waals surface area contributed by atoms with E-state index < -0.39 is 23.3 Å². The van der Waals surface area contributed by atoms with Crippen molar-refractivity contribution in [1.82, 2.24) is 19.9 Å². The molecule has 58 heavy (non-hydrogen) atoms.